The van der Waals surface area contributed by atoms with Crippen LogP contribution in [0.4, 0.5) is 4.39 Å². The van der Waals surface area contributed by atoms with Gasteiger partial charge in [0.15, 0.2) is 0 Å². The van der Waals surface area contributed by atoms with Crippen molar-refractivity contribution < 1.29 is 12.8 Å². The standard InChI is InChI=1S/C15H23FN2O2S/c1-11-5-3-2-4-6-15(11)18-21(19,20)13-7-8-14(16)12(9-13)10-17/h7-9,11,15,18H,2-6,10,17H2,1H3. The third-order valence-electron chi connectivity index (χ3n) is 4.22. The van der Waals surface area contributed by atoms with E-state index in [2.05, 4.69) is 11.6 Å². The molecule has 0 aliphatic heterocycles. The van der Waals surface area contributed by atoms with Crippen LogP contribution < -0.4 is 10.5 Å². The number of sulfonamides is 1. The fourth-order valence-electron chi connectivity index (χ4n) is 2.81. The molecule has 1 fully saturated rings. The molecule has 0 radical (unpaired) electrons. The molecule has 1 aromatic rings. The molecule has 2 unspecified atom stereocenters. The van der Waals surface area contributed by atoms with Crippen LogP contribution in [0.3, 0.4) is 0 Å². The zero-order chi connectivity index (χ0) is 15.5. The Morgan fingerprint density at radius 2 is 2.00 bits per heavy atom. The van der Waals surface area contributed by atoms with Gasteiger partial charge in [0.05, 0.1) is 4.90 Å². The summed E-state index contributed by atoms with van der Waals surface area (Å²) >= 11 is 0. The number of hydrogen-bond acceptors (Lipinski definition) is 3. The average Bonchev–Trinajstić information content (AvgIpc) is 2.64. The van der Waals surface area contributed by atoms with E-state index in [9.17, 15) is 12.8 Å². The Kier molecular flexibility index (Phi) is 5.35. The van der Waals surface area contributed by atoms with E-state index in [0.29, 0.717) is 5.92 Å². The van der Waals surface area contributed by atoms with Crippen LogP contribution >= 0.6 is 0 Å². The van der Waals surface area contributed by atoms with E-state index in [1.165, 1.54) is 12.1 Å². The highest BCUT2D eigenvalue weighted by Gasteiger charge is 2.26. The second kappa shape index (κ2) is 6.85. The van der Waals surface area contributed by atoms with Gasteiger partial charge in [-0.25, -0.2) is 17.5 Å². The van der Waals surface area contributed by atoms with Gasteiger partial charge in [0.2, 0.25) is 10.0 Å². The highest BCUT2D eigenvalue weighted by atomic mass is 32.2. The minimum absolute atomic E-state index is 0.0188. The minimum Gasteiger partial charge on any atom is -0.326 e. The summed E-state index contributed by atoms with van der Waals surface area (Å²) in [5, 5.41) is 0. The molecule has 0 bridgehead atoms. The van der Waals surface area contributed by atoms with Gasteiger partial charge in [-0.3, -0.25) is 0 Å². The van der Waals surface area contributed by atoms with Gasteiger partial charge in [0.1, 0.15) is 5.82 Å². The van der Waals surface area contributed by atoms with E-state index < -0.39 is 15.8 Å². The van der Waals surface area contributed by atoms with Crippen LogP contribution in [-0.2, 0) is 16.6 Å². The molecular weight excluding hydrogens is 291 g/mol. The van der Waals surface area contributed by atoms with Crippen LogP contribution in [-0.4, -0.2) is 14.5 Å². The van der Waals surface area contributed by atoms with Crippen LogP contribution in [0.15, 0.2) is 23.1 Å². The van der Waals surface area contributed by atoms with Crippen molar-refractivity contribution in [3.8, 4) is 0 Å². The van der Waals surface area contributed by atoms with Crippen LogP contribution in [0.5, 0.6) is 0 Å². The summed E-state index contributed by atoms with van der Waals surface area (Å²) in [5.74, 6) is -0.156. The third-order valence-corrected chi connectivity index (χ3v) is 5.70. The summed E-state index contributed by atoms with van der Waals surface area (Å²) in [4.78, 5) is 0.0841. The number of benzene rings is 1. The van der Waals surface area contributed by atoms with Crippen molar-refractivity contribution in [2.75, 3.05) is 0 Å². The fraction of sp³-hybridized carbons (Fsp3) is 0.600. The molecule has 1 saturated carbocycles. The Labute approximate surface area is 126 Å². The summed E-state index contributed by atoms with van der Waals surface area (Å²) in [5.41, 5.74) is 5.65. The van der Waals surface area contributed by atoms with Crippen molar-refractivity contribution in [3.63, 3.8) is 0 Å². The van der Waals surface area contributed by atoms with Crippen LogP contribution in [0, 0.1) is 11.7 Å². The van der Waals surface area contributed by atoms with Gasteiger partial charge >= 0.3 is 0 Å². The summed E-state index contributed by atoms with van der Waals surface area (Å²) in [6.07, 6.45) is 5.22. The Morgan fingerprint density at radius 1 is 1.29 bits per heavy atom. The SMILES string of the molecule is CC1CCCCCC1NS(=O)(=O)c1ccc(F)c(CN)c1. The smallest absolute Gasteiger partial charge is 0.240 e. The summed E-state index contributed by atoms with van der Waals surface area (Å²) in [6.45, 7) is 2.06. The van der Waals surface area contributed by atoms with E-state index in [1.807, 2.05) is 0 Å². The monoisotopic (exact) mass is 314 g/mol. The molecule has 3 N–H and O–H groups in total. The first-order valence-corrected chi connectivity index (χ1v) is 8.93. The number of rotatable bonds is 4. The minimum atomic E-state index is -3.63. The molecule has 21 heavy (non-hydrogen) atoms. The molecule has 1 aromatic carbocycles. The molecule has 0 heterocycles. The molecule has 0 aromatic heterocycles. The van der Waals surface area contributed by atoms with Gasteiger partial charge in [-0.2, -0.15) is 0 Å². The van der Waals surface area contributed by atoms with Crippen molar-refractivity contribution in [2.45, 2.75) is 56.5 Å². The van der Waals surface area contributed by atoms with Crippen molar-refractivity contribution in [1.82, 2.24) is 4.72 Å². The molecule has 2 atom stereocenters. The van der Waals surface area contributed by atoms with Crippen LogP contribution in [0.1, 0.15) is 44.6 Å². The number of halogens is 1. The zero-order valence-corrected chi connectivity index (χ0v) is 13.1. The summed E-state index contributed by atoms with van der Waals surface area (Å²) in [7, 11) is -3.63. The van der Waals surface area contributed by atoms with Gasteiger partial charge in [-0.05, 0) is 37.0 Å². The Balaban J connectivity index is 2.21. The molecular formula is C15H23FN2O2S. The lowest BCUT2D eigenvalue weighted by Gasteiger charge is -2.22. The molecule has 0 amide bonds. The highest BCUT2D eigenvalue weighted by molar-refractivity contribution is 7.89. The van der Waals surface area contributed by atoms with Gasteiger partial charge in [-0.15, -0.1) is 0 Å². The average molecular weight is 314 g/mol. The second-order valence-corrected chi connectivity index (χ2v) is 7.51. The molecule has 118 valence electrons. The van der Waals surface area contributed by atoms with E-state index in [0.717, 1.165) is 38.2 Å². The zero-order valence-electron chi connectivity index (χ0n) is 12.3. The van der Waals surface area contributed by atoms with Gasteiger partial charge in [0.25, 0.3) is 0 Å². The number of nitrogens with one attached hydrogen (secondary N) is 1. The van der Waals surface area contributed by atoms with Crippen molar-refractivity contribution in [3.05, 3.63) is 29.6 Å². The third kappa shape index (κ3) is 4.02. The molecule has 6 heteroatoms. The van der Waals surface area contributed by atoms with Gasteiger partial charge in [-0.1, -0.05) is 26.2 Å². The maximum absolute atomic E-state index is 13.4. The lowest BCUT2D eigenvalue weighted by molar-refractivity contribution is 0.399. The van der Waals surface area contributed by atoms with Crippen LogP contribution in [0.2, 0.25) is 0 Å². The lowest BCUT2D eigenvalue weighted by atomic mass is 9.98. The summed E-state index contributed by atoms with van der Waals surface area (Å²) < 4.78 is 41.1. The predicted octanol–water partition coefficient (Wildman–Crippen LogP) is 2.53. The topological polar surface area (TPSA) is 72.2 Å². The van der Waals surface area contributed by atoms with Crippen molar-refractivity contribution in [2.24, 2.45) is 11.7 Å². The normalized spacial score (nSPS) is 23.8. The fourth-order valence-corrected chi connectivity index (χ4v) is 4.24. The first kappa shape index (κ1) is 16.4. The predicted molar refractivity (Wildman–Crippen MR) is 80.6 cm³/mol. The Morgan fingerprint density at radius 3 is 2.71 bits per heavy atom. The maximum Gasteiger partial charge on any atom is 0.240 e. The lowest BCUT2D eigenvalue weighted by Crippen LogP contribution is -2.38. The van der Waals surface area contributed by atoms with E-state index >= 15 is 0 Å². The Hall–Kier alpha value is -0.980. The van der Waals surface area contributed by atoms with E-state index in [1.54, 1.807) is 0 Å². The molecule has 0 saturated heterocycles. The molecule has 1 aliphatic rings. The van der Waals surface area contributed by atoms with Crippen molar-refractivity contribution in [1.29, 1.82) is 0 Å². The molecule has 2 rings (SSSR count). The Bertz CT molecular complexity index is 589. The van der Waals surface area contributed by atoms with Gasteiger partial charge < -0.3 is 5.73 Å². The van der Waals surface area contributed by atoms with Crippen LogP contribution in [0.25, 0.3) is 0 Å². The van der Waals surface area contributed by atoms with E-state index in [4.69, 9.17) is 5.73 Å². The second-order valence-electron chi connectivity index (χ2n) is 5.80. The highest BCUT2D eigenvalue weighted by Crippen LogP contribution is 2.25. The largest absolute Gasteiger partial charge is 0.326 e. The van der Waals surface area contributed by atoms with Crippen molar-refractivity contribution >= 4 is 10.0 Å². The number of hydrogen-bond donors (Lipinski definition) is 2. The maximum atomic E-state index is 13.4. The molecule has 0 spiro atoms. The first-order valence-electron chi connectivity index (χ1n) is 7.45. The number of nitrogens with two attached hydrogens (primary N) is 1. The quantitative estimate of drug-likeness (QED) is 0.839. The first-order chi connectivity index (χ1) is 9.94. The molecule has 4 nitrogen and oxygen atoms in total. The van der Waals surface area contributed by atoms with Gasteiger partial charge in [0, 0.05) is 18.2 Å². The summed E-state index contributed by atoms with van der Waals surface area (Å²) in [6, 6.07) is 3.72. The van der Waals surface area contributed by atoms with E-state index in [-0.39, 0.29) is 23.0 Å². The molecule has 1 aliphatic carbocycles.